The van der Waals surface area contributed by atoms with E-state index >= 15 is 0 Å². The predicted molar refractivity (Wildman–Crippen MR) is 80.0 cm³/mol. The summed E-state index contributed by atoms with van der Waals surface area (Å²) in [4.78, 5) is 16.8. The molecule has 4 nitrogen and oxygen atoms in total. The van der Waals surface area contributed by atoms with Crippen LogP contribution in [0.5, 0.6) is 0 Å². The van der Waals surface area contributed by atoms with E-state index in [-0.39, 0.29) is 0 Å². The molecule has 1 aliphatic rings. The van der Waals surface area contributed by atoms with E-state index in [9.17, 15) is 4.79 Å². The van der Waals surface area contributed by atoms with Gasteiger partial charge >= 0.3 is 0 Å². The van der Waals surface area contributed by atoms with Crippen LogP contribution in [0.1, 0.15) is 51.9 Å². The van der Waals surface area contributed by atoms with Gasteiger partial charge in [0.15, 0.2) is 0 Å². The third-order valence-electron chi connectivity index (χ3n) is 4.04. The molecule has 0 aromatic rings. The Bertz CT molecular complexity index is 258. The van der Waals surface area contributed by atoms with Gasteiger partial charge in [0, 0.05) is 25.6 Å². The number of amides is 1. The van der Waals surface area contributed by atoms with E-state index in [1.807, 2.05) is 0 Å². The van der Waals surface area contributed by atoms with E-state index in [1.54, 1.807) is 0 Å². The maximum absolute atomic E-state index is 12.3. The van der Waals surface area contributed by atoms with Gasteiger partial charge in [-0.05, 0) is 45.8 Å². The van der Waals surface area contributed by atoms with Crippen LogP contribution in [0.25, 0.3) is 0 Å². The van der Waals surface area contributed by atoms with Crippen molar-refractivity contribution in [1.82, 2.24) is 9.80 Å². The summed E-state index contributed by atoms with van der Waals surface area (Å²) < 4.78 is 0. The molecule has 1 unspecified atom stereocenters. The first-order chi connectivity index (χ1) is 9.19. The lowest BCUT2D eigenvalue weighted by Crippen LogP contribution is -2.43. The Morgan fingerprint density at radius 1 is 1.21 bits per heavy atom. The Kier molecular flexibility index (Phi) is 8.07. The Morgan fingerprint density at radius 2 is 1.95 bits per heavy atom. The van der Waals surface area contributed by atoms with Crippen molar-refractivity contribution in [2.75, 3.05) is 33.2 Å². The Hall–Kier alpha value is -0.610. The number of likely N-dealkylation sites (N-methyl/N-ethyl adjacent to an activating group) is 1. The van der Waals surface area contributed by atoms with Crippen LogP contribution in [0.2, 0.25) is 0 Å². The largest absolute Gasteiger partial charge is 0.338 e. The third-order valence-corrected chi connectivity index (χ3v) is 4.04. The average molecular weight is 269 g/mol. The van der Waals surface area contributed by atoms with Crippen LogP contribution in [-0.2, 0) is 4.79 Å². The van der Waals surface area contributed by atoms with Gasteiger partial charge < -0.3 is 15.5 Å². The quantitative estimate of drug-likeness (QED) is 0.718. The standard InChI is InChI=1S/C15H31N3O/c1-3-14-13-17(2)11-8-12-18(14)15(19)9-6-4-5-7-10-16/h14H,3-13,16H2,1-2H3. The van der Waals surface area contributed by atoms with Crippen molar-refractivity contribution in [1.29, 1.82) is 0 Å². The summed E-state index contributed by atoms with van der Waals surface area (Å²) >= 11 is 0. The van der Waals surface area contributed by atoms with Crippen LogP contribution < -0.4 is 5.73 Å². The summed E-state index contributed by atoms with van der Waals surface area (Å²) in [6, 6.07) is 0.407. The number of nitrogens with zero attached hydrogens (tertiary/aromatic N) is 2. The maximum atomic E-state index is 12.3. The summed E-state index contributed by atoms with van der Waals surface area (Å²) in [5.41, 5.74) is 5.47. The summed E-state index contributed by atoms with van der Waals surface area (Å²) in [6.45, 7) is 6.02. The number of nitrogens with two attached hydrogens (primary N) is 1. The van der Waals surface area contributed by atoms with Crippen molar-refractivity contribution < 1.29 is 4.79 Å². The molecular formula is C15H31N3O. The lowest BCUT2D eigenvalue weighted by Gasteiger charge is -2.30. The molecule has 1 saturated heterocycles. The normalized spacial score (nSPS) is 21.4. The molecule has 112 valence electrons. The predicted octanol–water partition coefficient (Wildman–Crippen LogP) is 1.84. The van der Waals surface area contributed by atoms with E-state index in [0.717, 1.165) is 64.7 Å². The van der Waals surface area contributed by atoms with Gasteiger partial charge in [-0.1, -0.05) is 19.8 Å². The van der Waals surface area contributed by atoms with E-state index < -0.39 is 0 Å². The molecule has 0 radical (unpaired) electrons. The first-order valence-electron chi connectivity index (χ1n) is 7.87. The number of hydrogen-bond donors (Lipinski definition) is 1. The zero-order chi connectivity index (χ0) is 14.1. The zero-order valence-electron chi connectivity index (χ0n) is 12.7. The van der Waals surface area contributed by atoms with Crippen LogP contribution in [0, 0.1) is 0 Å². The second-order valence-electron chi connectivity index (χ2n) is 5.72. The van der Waals surface area contributed by atoms with E-state index in [2.05, 4.69) is 23.8 Å². The van der Waals surface area contributed by atoms with E-state index in [1.165, 1.54) is 0 Å². The molecule has 1 fully saturated rings. The highest BCUT2D eigenvalue weighted by atomic mass is 16.2. The summed E-state index contributed by atoms with van der Waals surface area (Å²) in [6.07, 6.45) is 7.26. The molecule has 1 aliphatic heterocycles. The highest BCUT2D eigenvalue weighted by molar-refractivity contribution is 5.76. The molecule has 1 amide bonds. The number of rotatable bonds is 7. The van der Waals surface area contributed by atoms with Gasteiger partial charge in [0.25, 0.3) is 0 Å². The maximum Gasteiger partial charge on any atom is 0.222 e. The van der Waals surface area contributed by atoms with Crippen molar-refractivity contribution in [3.05, 3.63) is 0 Å². The molecular weight excluding hydrogens is 238 g/mol. The molecule has 1 heterocycles. The lowest BCUT2D eigenvalue weighted by atomic mass is 10.1. The fraction of sp³-hybridized carbons (Fsp3) is 0.933. The van der Waals surface area contributed by atoms with Crippen LogP contribution in [0.15, 0.2) is 0 Å². The van der Waals surface area contributed by atoms with Gasteiger partial charge in [0.05, 0.1) is 0 Å². The molecule has 0 bridgehead atoms. The topological polar surface area (TPSA) is 49.6 Å². The summed E-state index contributed by atoms with van der Waals surface area (Å²) in [5.74, 6) is 0.356. The van der Waals surface area contributed by atoms with Crippen molar-refractivity contribution in [3.8, 4) is 0 Å². The first-order valence-corrected chi connectivity index (χ1v) is 7.87. The zero-order valence-corrected chi connectivity index (χ0v) is 12.7. The van der Waals surface area contributed by atoms with Crippen LogP contribution >= 0.6 is 0 Å². The fourth-order valence-corrected chi connectivity index (χ4v) is 2.84. The smallest absolute Gasteiger partial charge is 0.222 e. The van der Waals surface area contributed by atoms with Gasteiger partial charge in [-0.3, -0.25) is 4.79 Å². The molecule has 1 atom stereocenters. The minimum atomic E-state index is 0.356. The second kappa shape index (κ2) is 9.32. The number of unbranched alkanes of at least 4 members (excludes halogenated alkanes) is 3. The summed E-state index contributed by atoms with van der Waals surface area (Å²) in [5, 5.41) is 0. The molecule has 0 aromatic heterocycles. The minimum absolute atomic E-state index is 0.356. The van der Waals surface area contributed by atoms with Crippen molar-refractivity contribution >= 4 is 5.91 Å². The molecule has 0 spiro atoms. The molecule has 2 N–H and O–H groups in total. The lowest BCUT2D eigenvalue weighted by molar-refractivity contribution is -0.133. The molecule has 0 aliphatic carbocycles. The highest BCUT2D eigenvalue weighted by Crippen LogP contribution is 2.15. The highest BCUT2D eigenvalue weighted by Gasteiger charge is 2.25. The monoisotopic (exact) mass is 269 g/mol. The minimum Gasteiger partial charge on any atom is -0.338 e. The Balaban J connectivity index is 2.35. The van der Waals surface area contributed by atoms with Gasteiger partial charge in [0.2, 0.25) is 5.91 Å². The van der Waals surface area contributed by atoms with Crippen molar-refractivity contribution in [2.24, 2.45) is 5.73 Å². The molecule has 19 heavy (non-hydrogen) atoms. The van der Waals surface area contributed by atoms with Crippen molar-refractivity contribution in [2.45, 2.75) is 57.9 Å². The second-order valence-corrected chi connectivity index (χ2v) is 5.72. The first kappa shape index (κ1) is 16.4. The van der Waals surface area contributed by atoms with Gasteiger partial charge in [-0.2, -0.15) is 0 Å². The molecule has 1 rings (SSSR count). The molecule has 4 heteroatoms. The Labute approximate surface area is 118 Å². The van der Waals surface area contributed by atoms with Crippen LogP contribution in [-0.4, -0.2) is 55.0 Å². The average Bonchev–Trinajstić information content (AvgIpc) is 2.59. The number of carbonyl (C=O) groups excluding carboxylic acids is 1. The van der Waals surface area contributed by atoms with E-state index in [4.69, 9.17) is 5.73 Å². The Morgan fingerprint density at radius 3 is 2.63 bits per heavy atom. The number of carbonyl (C=O) groups is 1. The summed E-state index contributed by atoms with van der Waals surface area (Å²) in [7, 11) is 2.16. The van der Waals surface area contributed by atoms with Crippen LogP contribution in [0.4, 0.5) is 0 Å². The number of hydrogen-bond acceptors (Lipinski definition) is 3. The van der Waals surface area contributed by atoms with Gasteiger partial charge in [-0.15, -0.1) is 0 Å². The van der Waals surface area contributed by atoms with Gasteiger partial charge in [0.1, 0.15) is 0 Å². The SMILES string of the molecule is CCC1CN(C)CCCN1C(=O)CCCCCCN. The molecule has 0 saturated carbocycles. The third kappa shape index (κ3) is 5.91. The van der Waals surface area contributed by atoms with Crippen molar-refractivity contribution in [3.63, 3.8) is 0 Å². The fourth-order valence-electron chi connectivity index (χ4n) is 2.84. The van der Waals surface area contributed by atoms with E-state index in [0.29, 0.717) is 18.4 Å². The molecule has 0 aromatic carbocycles. The van der Waals surface area contributed by atoms with Gasteiger partial charge in [-0.25, -0.2) is 0 Å². The van der Waals surface area contributed by atoms with Crippen LogP contribution in [0.3, 0.4) is 0 Å².